The van der Waals surface area contributed by atoms with Crippen LogP contribution in [0.25, 0.3) is 16.9 Å². The molecule has 1 atom stereocenters. The molecular formula is C29H29FN8O3. The number of alkyl halides is 1. The summed E-state index contributed by atoms with van der Waals surface area (Å²) in [7, 11) is 0. The molecule has 1 unspecified atom stereocenters. The van der Waals surface area contributed by atoms with E-state index in [2.05, 4.69) is 36.7 Å². The number of halogens is 1. The van der Waals surface area contributed by atoms with E-state index in [0.717, 1.165) is 37.6 Å². The Morgan fingerprint density at radius 3 is 2.66 bits per heavy atom. The molecule has 12 heteroatoms. The van der Waals surface area contributed by atoms with Crippen molar-refractivity contribution in [1.29, 1.82) is 5.26 Å². The van der Waals surface area contributed by atoms with Gasteiger partial charge in [0.05, 0.1) is 82.6 Å². The summed E-state index contributed by atoms with van der Waals surface area (Å²) in [4.78, 5) is 24.4. The third-order valence-electron chi connectivity index (χ3n) is 7.47. The molecule has 2 aliphatic heterocycles. The number of carbonyl (C=O) groups is 1. The standard InChI is InChI=1S/C29H29FN8O3/c1-28(2,40)25(30)13-34-27(39)21-12-32-23(24-5-4-20-7-18(9-31)10-35-38(20)24)8-22(21)36-19-3-6-26(33-11-19)37-14-29(15-37)16-41-17-29/h3-8,10-12,25,40H,13-17H2,1-2H3,(H,32,36)(H,34,39). The number of fused-ring (bicyclic) bond motifs is 1. The van der Waals surface area contributed by atoms with Gasteiger partial charge in [-0.1, -0.05) is 0 Å². The van der Waals surface area contributed by atoms with Crippen LogP contribution >= 0.6 is 0 Å². The quantitative estimate of drug-likeness (QED) is 0.299. The second-order valence-electron chi connectivity index (χ2n) is 11.2. The van der Waals surface area contributed by atoms with Crippen molar-refractivity contribution in [2.45, 2.75) is 25.6 Å². The number of nitrogens with zero attached hydrogens (tertiary/aromatic N) is 6. The average molecular weight is 557 g/mol. The molecule has 6 rings (SSSR count). The van der Waals surface area contributed by atoms with Gasteiger partial charge in [0, 0.05) is 19.3 Å². The summed E-state index contributed by atoms with van der Waals surface area (Å²) in [5.41, 5.74) is 2.29. The molecule has 1 amide bonds. The smallest absolute Gasteiger partial charge is 0.255 e. The van der Waals surface area contributed by atoms with Gasteiger partial charge in [0.1, 0.15) is 18.1 Å². The number of aliphatic hydroxyl groups is 1. The number of aromatic nitrogens is 4. The van der Waals surface area contributed by atoms with Crippen LogP contribution < -0.4 is 15.5 Å². The van der Waals surface area contributed by atoms with Crippen molar-refractivity contribution in [3.63, 3.8) is 0 Å². The van der Waals surface area contributed by atoms with Gasteiger partial charge in [-0.2, -0.15) is 10.4 Å². The van der Waals surface area contributed by atoms with Gasteiger partial charge in [-0.05, 0) is 50.2 Å². The lowest BCUT2D eigenvalue weighted by molar-refractivity contribution is -0.127. The maximum absolute atomic E-state index is 14.4. The molecule has 1 spiro atoms. The molecule has 3 N–H and O–H groups in total. The van der Waals surface area contributed by atoms with Gasteiger partial charge < -0.3 is 25.4 Å². The number of anilines is 3. The number of nitrogens with one attached hydrogen (secondary N) is 2. The van der Waals surface area contributed by atoms with E-state index in [1.165, 1.54) is 26.2 Å². The molecule has 41 heavy (non-hydrogen) atoms. The fraction of sp³-hybridized carbons (Fsp3) is 0.345. The van der Waals surface area contributed by atoms with Crippen LogP contribution in [-0.2, 0) is 4.74 Å². The lowest BCUT2D eigenvalue weighted by atomic mass is 9.78. The van der Waals surface area contributed by atoms with Crippen molar-refractivity contribution in [3.8, 4) is 17.5 Å². The second-order valence-corrected chi connectivity index (χ2v) is 11.2. The van der Waals surface area contributed by atoms with Gasteiger partial charge in [-0.3, -0.25) is 9.78 Å². The van der Waals surface area contributed by atoms with Crippen molar-refractivity contribution in [1.82, 2.24) is 24.9 Å². The van der Waals surface area contributed by atoms with E-state index in [9.17, 15) is 19.6 Å². The zero-order chi connectivity index (χ0) is 28.8. The first kappa shape index (κ1) is 26.6. The number of amides is 1. The minimum absolute atomic E-state index is 0.191. The summed E-state index contributed by atoms with van der Waals surface area (Å²) in [5, 5.41) is 29.3. The van der Waals surface area contributed by atoms with Crippen LogP contribution in [0.4, 0.5) is 21.6 Å². The van der Waals surface area contributed by atoms with Gasteiger partial charge >= 0.3 is 0 Å². The molecule has 210 valence electrons. The van der Waals surface area contributed by atoms with E-state index < -0.39 is 17.7 Å². The Morgan fingerprint density at radius 1 is 1.20 bits per heavy atom. The molecule has 0 aromatic carbocycles. The molecule has 2 fully saturated rings. The number of carbonyl (C=O) groups excluding carboxylic acids is 1. The molecule has 2 saturated heterocycles. The minimum atomic E-state index is -1.66. The molecule has 0 saturated carbocycles. The zero-order valence-corrected chi connectivity index (χ0v) is 22.6. The van der Waals surface area contributed by atoms with Crippen LogP contribution in [0.3, 0.4) is 0 Å². The Morgan fingerprint density at radius 2 is 2.00 bits per heavy atom. The highest BCUT2D eigenvalue weighted by Gasteiger charge is 2.49. The number of pyridine rings is 2. The Kier molecular flexibility index (Phi) is 6.56. The van der Waals surface area contributed by atoms with E-state index in [-0.39, 0.29) is 17.5 Å². The number of hydrogen-bond acceptors (Lipinski definition) is 9. The summed E-state index contributed by atoms with van der Waals surface area (Å²) < 4.78 is 21.4. The number of ether oxygens (including phenoxy) is 1. The first-order valence-corrected chi connectivity index (χ1v) is 13.2. The predicted molar refractivity (Wildman–Crippen MR) is 150 cm³/mol. The largest absolute Gasteiger partial charge is 0.387 e. The maximum atomic E-state index is 14.4. The fourth-order valence-corrected chi connectivity index (χ4v) is 4.96. The molecule has 4 aromatic heterocycles. The minimum Gasteiger partial charge on any atom is -0.387 e. The zero-order valence-electron chi connectivity index (χ0n) is 22.6. The second kappa shape index (κ2) is 10.1. The molecular weight excluding hydrogens is 527 g/mol. The first-order valence-electron chi connectivity index (χ1n) is 13.2. The third-order valence-corrected chi connectivity index (χ3v) is 7.47. The lowest BCUT2D eigenvalue weighted by Gasteiger charge is -2.55. The molecule has 4 aromatic rings. The van der Waals surface area contributed by atoms with Crippen LogP contribution in [-0.4, -0.2) is 75.2 Å². The van der Waals surface area contributed by atoms with Crippen molar-refractivity contribution < 1.29 is 19.0 Å². The van der Waals surface area contributed by atoms with E-state index in [0.29, 0.717) is 28.3 Å². The van der Waals surface area contributed by atoms with Gasteiger partial charge in [-0.15, -0.1) is 0 Å². The van der Waals surface area contributed by atoms with E-state index >= 15 is 0 Å². The maximum Gasteiger partial charge on any atom is 0.255 e. The molecule has 0 aliphatic carbocycles. The summed E-state index contributed by atoms with van der Waals surface area (Å²) in [6.07, 6.45) is 2.92. The van der Waals surface area contributed by atoms with Crippen LogP contribution in [0.1, 0.15) is 29.8 Å². The van der Waals surface area contributed by atoms with Crippen molar-refractivity contribution in [2.75, 3.05) is 43.1 Å². The predicted octanol–water partition coefficient (Wildman–Crippen LogP) is 3.08. The molecule has 0 bridgehead atoms. The van der Waals surface area contributed by atoms with E-state index in [1.54, 1.807) is 22.8 Å². The van der Waals surface area contributed by atoms with Gasteiger partial charge in [0.25, 0.3) is 5.91 Å². The van der Waals surface area contributed by atoms with Crippen molar-refractivity contribution >= 4 is 28.6 Å². The van der Waals surface area contributed by atoms with Gasteiger partial charge in [0.15, 0.2) is 0 Å². The van der Waals surface area contributed by atoms with Crippen molar-refractivity contribution in [2.24, 2.45) is 5.41 Å². The summed E-state index contributed by atoms with van der Waals surface area (Å²) >= 11 is 0. The summed E-state index contributed by atoms with van der Waals surface area (Å²) in [5.74, 6) is 0.318. The average Bonchev–Trinajstić information content (AvgIpc) is 3.33. The monoisotopic (exact) mass is 556 g/mol. The van der Waals surface area contributed by atoms with Crippen LogP contribution in [0.5, 0.6) is 0 Å². The molecule has 6 heterocycles. The summed E-state index contributed by atoms with van der Waals surface area (Å²) in [6, 6.07) is 13.0. The number of rotatable bonds is 8. The van der Waals surface area contributed by atoms with Crippen molar-refractivity contribution in [3.05, 3.63) is 66.1 Å². The molecule has 11 nitrogen and oxygen atoms in total. The normalized spacial score (nSPS) is 16.5. The first-order chi connectivity index (χ1) is 19.6. The highest BCUT2D eigenvalue weighted by molar-refractivity contribution is 6.00. The van der Waals surface area contributed by atoms with Gasteiger partial charge in [0.2, 0.25) is 0 Å². The molecule has 2 aliphatic rings. The number of hydrogen-bond donors (Lipinski definition) is 3. The topological polar surface area (TPSA) is 141 Å². The van der Waals surface area contributed by atoms with Crippen LogP contribution in [0.15, 0.2) is 55.0 Å². The molecule has 0 radical (unpaired) electrons. The Bertz CT molecular complexity index is 1650. The Hall–Kier alpha value is -4.60. The third kappa shape index (κ3) is 5.17. The van der Waals surface area contributed by atoms with Crippen LogP contribution in [0, 0.1) is 16.7 Å². The Balaban J connectivity index is 1.28. The number of nitriles is 1. The van der Waals surface area contributed by atoms with Gasteiger partial charge in [-0.25, -0.2) is 13.9 Å². The lowest BCUT2D eigenvalue weighted by Crippen LogP contribution is -2.66. The van der Waals surface area contributed by atoms with E-state index in [4.69, 9.17) is 4.74 Å². The van der Waals surface area contributed by atoms with Crippen LogP contribution in [0.2, 0.25) is 0 Å². The Labute approximate surface area is 235 Å². The van der Waals surface area contributed by atoms with E-state index in [1.807, 2.05) is 24.3 Å². The fourth-order valence-electron chi connectivity index (χ4n) is 4.96. The highest BCUT2D eigenvalue weighted by Crippen LogP contribution is 2.39. The highest BCUT2D eigenvalue weighted by atomic mass is 19.1. The SMILES string of the molecule is CC(C)(O)C(F)CNC(=O)c1cnc(-c2ccc3cc(C#N)cnn23)cc1Nc1ccc(N2CC3(COC3)C2)nc1. The summed E-state index contributed by atoms with van der Waals surface area (Å²) in [6.45, 7) is 5.75.